The van der Waals surface area contributed by atoms with E-state index in [1.807, 2.05) is 20.8 Å². The van der Waals surface area contributed by atoms with Crippen LogP contribution in [-0.2, 0) is 33.4 Å². The minimum atomic E-state index is -0.588. The van der Waals surface area contributed by atoms with Crippen LogP contribution in [0.4, 0.5) is 0 Å². The Kier molecular flexibility index (Phi) is 13.7. The molecule has 6 unspecified atom stereocenters. The first-order chi connectivity index (χ1) is 17.7. The summed E-state index contributed by atoms with van der Waals surface area (Å²) in [5, 5.41) is 2.58. The molecule has 1 rings (SSSR count). The van der Waals surface area contributed by atoms with Crippen molar-refractivity contribution < 1.29 is 33.4 Å². The molecular weight excluding hydrogens is 490 g/mol. The lowest BCUT2D eigenvalue weighted by molar-refractivity contribution is -0.147. The summed E-state index contributed by atoms with van der Waals surface area (Å²) < 4.78 is 16.2. The van der Waals surface area contributed by atoms with Crippen molar-refractivity contribution in [2.45, 2.75) is 97.9 Å². The Morgan fingerprint density at radius 3 is 2.21 bits per heavy atom. The summed E-state index contributed by atoms with van der Waals surface area (Å²) in [6.07, 6.45) is 1.84. The zero-order valence-electron chi connectivity index (χ0n) is 25.2. The van der Waals surface area contributed by atoms with E-state index >= 15 is 0 Å². The van der Waals surface area contributed by atoms with Crippen molar-refractivity contribution in [3.05, 3.63) is 0 Å². The Morgan fingerprint density at radius 2 is 1.71 bits per heavy atom. The fourth-order valence-electron chi connectivity index (χ4n) is 5.30. The Bertz CT molecular complexity index is 798. The lowest BCUT2D eigenvalue weighted by atomic mass is 9.88. The third-order valence-corrected chi connectivity index (χ3v) is 7.62. The van der Waals surface area contributed by atoms with Crippen molar-refractivity contribution in [1.29, 1.82) is 0 Å². The molecule has 1 N–H and O–H groups in total. The maximum absolute atomic E-state index is 13.7. The average Bonchev–Trinajstić information content (AvgIpc) is 3.35. The molecule has 0 aliphatic carbocycles. The normalized spacial score (nSPS) is 19.7. The SMILES string of the molecule is CCC(C)C(C(CC(=O)N1CCCC1C(OC)C(C)C(=O)NCC(=O)OC)OC)N(C)C(=O)CC(C)(C)C. The Balaban J connectivity index is 3.06. The summed E-state index contributed by atoms with van der Waals surface area (Å²) >= 11 is 0. The van der Waals surface area contributed by atoms with Gasteiger partial charge in [-0.1, -0.05) is 48.0 Å². The van der Waals surface area contributed by atoms with Gasteiger partial charge < -0.3 is 29.3 Å². The molecule has 1 fully saturated rings. The van der Waals surface area contributed by atoms with Crippen LogP contribution in [0.2, 0.25) is 0 Å². The fraction of sp³-hybridized carbons (Fsp3) is 0.857. The van der Waals surface area contributed by atoms with Crippen LogP contribution in [0.25, 0.3) is 0 Å². The number of rotatable bonds is 14. The van der Waals surface area contributed by atoms with Crippen LogP contribution in [0, 0.1) is 17.3 Å². The van der Waals surface area contributed by atoms with E-state index in [4.69, 9.17) is 9.47 Å². The highest BCUT2D eigenvalue weighted by molar-refractivity contribution is 5.84. The van der Waals surface area contributed by atoms with E-state index in [-0.39, 0.29) is 54.1 Å². The molecule has 1 saturated heterocycles. The standard InChI is InChI=1S/C28H51N3O7/c1-11-18(2)25(30(7)23(33)16-28(4,5)6)21(36-8)15-22(32)31-14-12-13-20(31)26(38-10)19(3)27(35)29-17-24(34)37-9/h18-21,25-26H,11-17H2,1-10H3,(H,29,35). The van der Waals surface area contributed by atoms with Crippen LogP contribution in [0.15, 0.2) is 0 Å². The summed E-state index contributed by atoms with van der Waals surface area (Å²) in [5.41, 5.74) is -0.151. The molecule has 1 heterocycles. The van der Waals surface area contributed by atoms with Gasteiger partial charge >= 0.3 is 5.97 Å². The van der Waals surface area contributed by atoms with Gasteiger partial charge in [-0.15, -0.1) is 0 Å². The van der Waals surface area contributed by atoms with Crippen LogP contribution in [0.5, 0.6) is 0 Å². The smallest absolute Gasteiger partial charge is 0.325 e. The zero-order valence-corrected chi connectivity index (χ0v) is 25.2. The summed E-state index contributed by atoms with van der Waals surface area (Å²) in [6, 6.07) is -0.544. The van der Waals surface area contributed by atoms with E-state index in [2.05, 4.69) is 23.9 Å². The number of hydrogen-bond donors (Lipinski definition) is 1. The number of hydrogen-bond acceptors (Lipinski definition) is 7. The van der Waals surface area contributed by atoms with Crippen LogP contribution in [0.1, 0.15) is 73.6 Å². The van der Waals surface area contributed by atoms with E-state index in [1.54, 1.807) is 30.9 Å². The summed E-state index contributed by atoms with van der Waals surface area (Å²) in [4.78, 5) is 54.4. The highest BCUT2D eigenvalue weighted by Crippen LogP contribution is 2.30. The van der Waals surface area contributed by atoms with E-state index in [0.717, 1.165) is 12.8 Å². The Morgan fingerprint density at radius 1 is 1.08 bits per heavy atom. The van der Waals surface area contributed by atoms with Crippen molar-refractivity contribution in [1.82, 2.24) is 15.1 Å². The molecule has 0 spiro atoms. The summed E-state index contributed by atoms with van der Waals surface area (Å²) in [6.45, 7) is 12.3. The van der Waals surface area contributed by atoms with Gasteiger partial charge in [-0.25, -0.2) is 0 Å². The van der Waals surface area contributed by atoms with E-state index < -0.39 is 24.1 Å². The van der Waals surface area contributed by atoms with Gasteiger partial charge in [0.25, 0.3) is 0 Å². The molecule has 220 valence electrons. The molecule has 38 heavy (non-hydrogen) atoms. The lowest BCUT2D eigenvalue weighted by Gasteiger charge is -2.40. The number of amides is 3. The molecule has 3 amide bonds. The summed E-state index contributed by atoms with van der Waals surface area (Å²) in [7, 11) is 6.18. The van der Waals surface area contributed by atoms with Crippen LogP contribution >= 0.6 is 0 Å². The van der Waals surface area contributed by atoms with Crippen LogP contribution in [0.3, 0.4) is 0 Å². The van der Waals surface area contributed by atoms with Gasteiger partial charge in [0, 0.05) is 34.2 Å². The molecular formula is C28H51N3O7. The number of methoxy groups -OCH3 is 3. The molecule has 10 heteroatoms. The number of carbonyl (C=O) groups excluding carboxylic acids is 4. The number of nitrogens with one attached hydrogen (secondary N) is 1. The Hall–Kier alpha value is -2.20. The quantitative estimate of drug-likeness (QED) is 0.336. The van der Waals surface area contributed by atoms with E-state index in [0.29, 0.717) is 19.4 Å². The highest BCUT2D eigenvalue weighted by Gasteiger charge is 2.42. The number of nitrogens with zero attached hydrogens (tertiary/aromatic N) is 2. The van der Waals surface area contributed by atoms with E-state index in [9.17, 15) is 19.2 Å². The van der Waals surface area contributed by atoms with Crippen molar-refractivity contribution in [2.24, 2.45) is 17.3 Å². The maximum atomic E-state index is 13.7. The monoisotopic (exact) mass is 541 g/mol. The number of carbonyl (C=O) groups is 4. The van der Waals surface area contributed by atoms with Crippen molar-refractivity contribution in [3.63, 3.8) is 0 Å². The predicted molar refractivity (Wildman–Crippen MR) is 145 cm³/mol. The number of esters is 1. The van der Waals surface area contributed by atoms with Gasteiger partial charge in [0.15, 0.2) is 0 Å². The van der Waals surface area contributed by atoms with Crippen molar-refractivity contribution in [2.75, 3.05) is 41.5 Å². The molecule has 0 aromatic heterocycles. The molecule has 0 bridgehead atoms. The molecule has 0 radical (unpaired) electrons. The largest absolute Gasteiger partial charge is 0.468 e. The van der Waals surface area contributed by atoms with Crippen molar-refractivity contribution in [3.8, 4) is 0 Å². The second kappa shape index (κ2) is 15.4. The van der Waals surface area contributed by atoms with Gasteiger partial charge in [0.05, 0.1) is 43.7 Å². The van der Waals surface area contributed by atoms with Gasteiger partial charge in [0.2, 0.25) is 17.7 Å². The lowest BCUT2D eigenvalue weighted by Crippen LogP contribution is -2.53. The third-order valence-electron chi connectivity index (χ3n) is 7.62. The number of likely N-dealkylation sites (N-methyl/N-ethyl adjacent to an activating group) is 1. The average molecular weight is 542 g/mol. The minimum absolute atomic E-state index is 0.0302. The second-order valence-corrected chi connectivity index (χ2v) is 11.7. The molecule has 0 aromatic rings. The van der Waals surface area contributed by atoms with Gasteiger partial charge in [-0.3, -0.25) is 19.2 Å². The molecule has 1 aliphatic heterocycles. The van der Waals surface area contributed by atoms with Crippen LogP contribution < -0.4 is 5.32 Å². The highest BCUT2D eigenvalue weighted by atomic mass is 16.5. The van der Waals surface area contributed by atoms with Crippen LogP contribution in [-0.4, -0.2) is 99.2 Å². The minimum Gasteiger partial charge on any atom is -0.468 e. The molecule has 10 nitrogen and oxygen atoms in total. The number of likely N-dealkylation sites (tertiary alicyclic amines) is 1. The zero-order chi connectivity index (χ0) is 29.2. The van der Waals surface area contributed by atoms with Crippen molar-refractivity contribution >= 4 is 23.7 Å². The molecule has 0 saturated carbocycles. The molecule has 1 aliphatic rings. The summed E-state index contributed by atoms with van der Waals surface area (Å²) in [5.74, 6) is -1.40. The number of ether oxygens (including phenoxy) is 3. The molecule has 0 aromatic carbocycles. The Labute approximate surface area is 229 Å². The van der Waals surface area contributed by atoms with Gasteiger partial charge in [-0.2, -0.15) is 0 Å². The van der Waals surface area contributed by atoms with Gasteiger partial charge in [0.1, 0.15) is 6.54 Å². The van der Waals surface area contributed by atoms with E-state index in [1.165, 1.54) is 14.2 Å². The first kappa shape index (κ1) is 33.8. The molecule has 6 atom stereocenters. The predicted octanol–water partition coefficient (Wildman–Crippen LogP) is 2.63. The third kappa shape index (κ3) is 9.52. The topological polar surface area (TPSA) is 114 Å². The first-order valence-electron chi connectivity index (χ1n) is 13.7. The fourth-order valence-corrected chi connectivity index (χ4v) is 5.30. The first-order valence-corrected chi connectivity index (χ1v) is 13.7. The van der Waals surface area contributed by atoms with Gasteiger partial charge in [-0.05, 0) is 24.2 Å². The maximum Gasteiger partial charge on any atom is 0.325 e. The second-order valence-electron chi connectivity index (χ2n) is 11.7.